The van der Waals surface area contributed by atoms with Crippen molar-refractivity contribution in [1.29, 1.82) is 0 Å². The monoisotopic (exact) mass is 512 g/mol. The Morgan fingerprint density at radius 3 is 2.42 bits per heavy atom. The van der Waals surface area contributed by atoms with Crippen molar-refractivity contribution >= 4 is 22.3 Å². The average Bonchev–Trinajstić information content (AvgIpc) is 3.57. The number of benzene rings is 2. The van der Waals surface area contributed by atoms with E-state index in [2.05, 4.69) is 49.2 Å². The number of hydrogen-bond acceptors (Lipinski definition) is 7. The van der Waals surface area contributed by atoms with E-state index in [0.29, 0.717) is 13.2 Å². The number of imidazole rings is 1. The number of anilines is 2. The minimum Gasteiger partial charge on any atom is -0.495 e. The van der Waals surface area contributed by atoms with Gasteiger partial charge in [-0.3, -0.25) is 4.68 Å². The van der Waals surface area contributed by atoms with E-state index in [1.54, 1.807) is 21.3 Å². The van der Waals surface area contributed by atoms with E-state index in [1.807, 2.05) is 54.6 Å². The highest BCUT2D eigenvalue weighted by Gasteiger charge is 2.13. The van der Waals surface area contributed by atoms with Gasteiger partial charge in [-0.25, -0.2) is 9.97 Å². The Morgan fingerprint density at radius 2 is 1.61 bits per heavy atom. The fourth-order valence-electron chi connectivity index (χ4n) is 4.46. The lowest BCUT2D eigenvalue weighted by molar-refractivity contribution is 0.183. The number of aromatic nitrogens is 5. The van der Waals surface area contributed by atoms with Crippen LogP contribution in [0.1, 0.15) is 5.82 Å². The average molecular weight is 513 g/mol. The first-order valence-corrected chi connectivity index (χ1v) is 12.5. The third-order valence-electron chi connectivity index (χ3n) is 6.55. The summed E-state index contributed by atoms with van der Waals surface area (Å²) in [5, 5.41) is 10.0. The van der Waals surface area contributed by atoms with Crippen molar-refractivity contribution < 1.29 is 14.2 Å². The molecule has 0 fully saturated rings. The molecule has 0 bridgehead atoms. The van der Waals surface area contributed by atoms with Crippen molar-refractivity contribution in [2.24, 2.45) is 0 Å². The standard InChI is InChI=1S/C29H32N6O3/c1-20-30-18-27(35(20)10-12-37-3)22-7-8-26(28(14-22)38-4)33-29-15-24-13-21(5-6-23(24)16-31-29)25-17-32-34(19-25)9-11-36-2/h5-8,13-19H,9-12H2,1-4H3,(H,31,33). The maximum Gasteiger partial charge on any atom is 0.143 e. The summed E-state index contributed by atoms with van der Waals surface area (Å²) in [4.78, 5) is 9.12. The van der Waals surface area contributed by atoms with Crippen molar-refractivity contribution in [2.45, 2.75) is 20.0 Å². The maximum atomic E-state index is 5.74. The zero-order valence-electron chi connectivity index (χ0n) is 22.1. The summed E-state index contributed by atoms with van der Waals surface area (Å²) >= 11 is 0. The SMILES string of the molecule is COCCn1cc(-c2ccc3cnc(Nc4ccc(-c5cnc(C)n5CCOC)cc4OC)cc3c2)cn1. The molecular formula is C29H32N6O3. The lowest BCUT2D eigenvalue weighted by Crippen LogP contribution is -2.07. The van der Waals surface area contributed by atoms with Crippen LogP contribution in [0.25, 0.3) is 33.2 Å². The molecule has 0 aliphatic carbocycles. The number of methoxy groups -OCH3 is 3. The number of nitrogens with one attached hydrogen (secondary N) is 1. The minimum atomic E-state index is 0.618. The van der Waals surface area contributed by atoms with Gasteiger partial charge in [0.2, 0.25) is 0 Å². The number of hydrogen-bond donors (Lipinski definition) is 1. The second kappa shape index (κ2) is 11.5. The second-order valence-electron chi connectivity index (χ2n) is 8.99. The molecule has 0 spiro atoms. The molecule has 0 atom stereocenters. The summed E-state index contributed by atoms with van der Waals surface area (Å²) in [6.45, 7) is 4.69. The van der Waals surface area contributed by atoms with Crippen LogP contribution in [0.4, 0.5) is 11.5 Å². The number of fused-ring (bicyclic) bond motifs is 1. The summed E-state index contributed by atoms with van der Waals surface area (Å²) < 4.78 is 20.2. The number of rotatable bonds is 11. The summed E-state index contributed by atoms with van der Waals surface area (Å²) in [6, 6.07) is 14.5. The molecular weight excluding hydrogens is 480 g/mol. The number of nitrogens with zero attached hydrogens (tertiary/aromatic N) is 5. The molecule has 2 aromatic carbocycles. The quantitative estimate of drug-likeness (QED) is 0.256. The van der Waals surface area contributed by atoms with E-state index in [9.17, 15) is 0 Å². The second-order valence-corrected chi connectivity index (χ2v) is 8.99. The Balaban J connectivity index is 1.40. The molecule has 0 amide bonds. The normalized spacial score (nSPS) is 11.3. The highest BCUT2D eigenvalue weighted by molar-refractivity contribution is 5.89. The van der Waals surface area contributed by atoms with Gasteiger partial charge in [0.1, 0.15) is 17.4 Å². The molecule has 1 N–H and O–H groups in total. The van der Waals surface area contributed by atoms with Crippen molar-refractivity contribution in [3.05, 3.63) is 73.1 Å². The predicted molar refractivity (Wildman–Crippen MR) is 149 cm³/mol. The van der Waals surface area contributed by atoms with E-state index in [0.717, 1.165) is 69.3 Å². The van der Waals surface area contributed by atoms with E-state index in [-0.39, 0.29) is 0 Å². The van der Waals surface area contributed by atoms with Gasteiger partial charge < -0.3 is 24.1 Å². The smallest absolute Gasteiger partial charge is 0.143 e. The Labute approximate surface area is 222 Å². The van der Waals surface area contributed by atoms with Gasteiger partial charge in [-0.05, 0) is 42.1 Å². The van der Waals surface area contributed by atoms with Crippen LogP contribution in [-0.2, 0) is 22.6 Å². The van der Waals surface area contributed by atoms with Crippen LogP contribution in [0.15, 0.2) is 67.3 Å². The fraction of sp³-hybridized carbons (Fsp3) is 0.276. The van der Waals surface area contributed by atoms with Gasteiger partial charge in [-0.2, -0.15) is 5.10 Å². The third kappa shape index (κ3) is 5.39. The number of pyridine rings is 1. The summed E-state index contributed by atoms with van der Waals surface area (Å²) in [5.41, 5.74) is 5.03. The van der Waals surface area contributed by atoms with Gasteiger partial charge in [0.05, 0.1) is 50.6 Å². The lowest BCUT2D eigenvalue weighted by atomic mass is 10.0. The first-order chi connectivity index (χ1) is 18.6. The zero-order chi connectivity index (χ0) is 26.5. The molecule has 0 saturated heterocycles. The molecule has 9 heteroatoms. The van der Waals surface area contributed by atoms with Gasteiger partial charge in [-0.15, -0.1) is 0 Å². The van der Waals surface area contributed by atoms with Gasteiger partial charge in [0.25, 0.3) is 0 Å². The van der Waals surface area contributed by atoms with E-state index >= 15 is 0 Å². The molecule has 0 unspecified atom stereocenters. The first-order valence-electron chi connectivity index (χ1n) is 12.5. The van der Waals surface area contributed by atoms with E-state index < -0.39 is 0 Å². The van der Waals surface area contributed by atoms with Crippen molar-refractivity contribution in [3.8, 4) is 28.1 Å². The van der Waals surface area contributed by atoms with Crippen LogP contribution >= 0.6 is 0 Å². The van der Waals surface area contributed by atoms with Crippen LogP contribution in [0.3, 0.4) is 0 Å². The molecule has 5 aromatic rings. The minimum absolute atomic E-state index is 0.618. The topological polar surface area (TPSA) is 88.2 Å². The molecule has 3 heterocycles. The third-order valence-corrected chi connectivity index (χ3v) is 6.55. The van der Waals surface area contributed by atoms with Crippen LogP contribution in [0.2, 0.25) is 0 Å². The number of ether oxygens (including phenoxy) is 3. The maximum absolute atomic E-state index is 5.74. The zero-order valence-corrected chi connectivity index (χ0v) is 22.1. The molecule has 38 heavy (non-hydrogen) atoms. The van der Waals surface area contributed by atoms with Crippen molar-refractivity contribution in [1.82, 2.24) is 24.3 Å². The molecule has 0 saturated carbocycles. The Bertz CT molecular complexity index is 1540. The highest BCUT2D eigenvalue weighted by Crippen LogP contribution is 2.34. The highest BCUT2D eigenvalue weighted by atomic mass is 16.5. The Hall–Kier alpha value is -4.21. The molecule has 0 aliphatic heterocycles. The Morgan fingerprint density at radius 1 is 0.789 bits per heavy atom. The summed E-state index contributed by atoms with van der Waals surface area (Å²) in [6.07, 6.45) is 7.68. The molecule has 9 nitrogen and oxygen atoms in total. The number of aryl methyl sites for hydroxylation is 1. The predicted octanol–water partition coefficient (Wildman–Crippen LogP) is 5.32. The van der Waals surface area contributed by atoms with Crippen LogP contribution < -0.4 is 10.1 Å². The lowest BCUT2D eigenvalue weighted by Gasteiger charge is -2.14. The van der Waals surface area contributed by atoms with E-state index in [4.69, 9.17) is 14.2 Å². The van der Waals surface area contributed by atoms with Crippen LogP contribution in [0, 0.1) is 6.92 Å². The molecule has 196 valence electrons. The summed E-state index contributed by atoms with van der Waals surface area (Å²) in [7, 11) is 5.07. The van der Waals surface area contributed by atoms with Crippen molar-refractivity contribution in [3.63, 3.8) is 0 Å². The van der Waals surface area contributed by atoms with Gasteiger partial charge in [0, 0.05) is 49.7 Å². The van der Waals surface area contributed by atoms with E-state index in [1.165, 1.54) is 0 Å². The summed E-state index contributed by atoms with van der Waals surface area (Å²) in [5.74, 6) is 2.40. The molecule has 3 aromatic heterocycles. The van der Waals surface area contributed by atoms with Crippen molar-refractivity contribution in [2.75, 3.05) is 39.9 Å². The van der Waals surface area contributed by atoms with Gasteiger partial charge in [-0.1, -0.05) is 18.2 Å². The van der Waals surface area contributed by atoms with Crippen LogP contribution in [0.5, 0.6) is 5.75 Å². The fourth-order valence-corrected chi connectivity index (χ4v) is 4.46. The largest absolute Gasteiger partial charge is 0.495 e. The van der Waals surface area contributed by atoms with Crippen LogP contribution in [-0.4, -0.2) is 58.9 Å². The van der Waals surface area contributed by atoms with Gasteiger partial charge >= 0.3 is 0 Å². The van der Waals surface area contributed by atoms with Gasteiger partial charge in [0.15, 0.2) is 0 Å². The molecule has 0 radical (unpaired) electrons. The Kier molecular flexibility index (Phi) is 7.67. The molecule has 5 rings (SSSR count). The molecule has 0 aliphatic rings. The first kappa shape index (κ1) is 25.4.